The van der Waals surface area contributed by atoms with Gasteiger partial charge in [-0.05, 0) is 31.4 Å². The molecule has 0 spiro atoms. The van der Waals surface area contributed by atoms with Gasteiger partial charge in [-0.15, -0.1) is 0 Å². The summed E-state index contributed by atoms with van der Waals surface area (Å²) in [6, 6.07) is 6.22. The van der Waals surface area contributed by atoms with E-state index in [-0.39, 0.29) is 5.82 Å². The van der Waals surface area contributed by atoms with E-state index in [1.54, 1.807) is 10.8 Å². The molecule has 1 saturated heterocycles. The van der Waals surface area contributed by atoms with Crippen molar-refractivity contribution in [1.82, 2.24) is 14.5 Å². The highest BCUT2D eigenvalue weighted by molar-refractivity contribution is 6.34. The number of β-amino-alcohol motifs (C(OH)–C–C–N with tert-alkyl or cyclic N) is 1. The molecule has 2 aromatic rings. The predicted molar refractivity (Wildman–Crippen MR) is 116 cm³/mol. The molecule has 29 heavy (non-hydrogen) atoms. The summed E-state index contributed by atoms with van der Waals surface area (Å²) in [4.78, 5) is 20.2. The number of aryl methyl sites for hydroxylation is 3. The number of imidazole rings is 1. The van der Waals surface area contributed by atoms with Gasteiger partial charge in [0.05, 0.1) is 22.5 Å². The zero-order chi connectivity index (χ0) is 21.0. The minimum absolute atomic E-state index is 0.245. The summed E-state index contributed by atoms with van der Waals surface area (Å²) in [6.07, 6.45) is 2.78. The summed E-state index contributed by atoms with van der Waals surface area (Å²) >= 11 is 6.56. The molecule has 7 nitrogen and oxygen atoms in total. The van der Waals surface area contributed by atoms with Gasteiger partial charge < -0.3 is 20.3 Å². The molecule has 0 radical (unpaired) electrons. The molecule has 3 N–H and O–H groups in total. The smallest absolute Gasteiger partial charge is 0.284 e. The summed E-state index contributed by atoms with van der Waals surface area (Å²) < 4.78 is 1.72. The number of aliphatic hydroxyl groups is 1. The largest absolute Gasteiger partial charge is 0.392 e. The molecule has 0 bridgehead atoms. The summed E-state index contributed by atoms with van der Waals surface area (Å²) in [6.45, 7) is 8.57. The van der Waals surface area contributed by atoms with Gasteiger partial charge in [0.25, 0.3) is 5.91 Å². The Morgan fingerprint density at radius 2 is 2.03 bits per heavy atom. The third-order valence-corrected chi connectivity index (χ3v) is 5.88. The number of anilines is 1. The molecule has 1 unspecified atom stereocenters. The predicted octanol–water partition coefficient (Wildman–Crippen LogP) is 2.08. The van der Waals surface area contributed by atoms with Gasteiger partial charge in [0.15, 0.2) is 5.82 Å². The SMILES string of the molecule is CCc1cccc(N2CCN(CC(O)CCn3cc(C)nc3C(N)=O)CC2)c1Cl. The van der Waals surface area contributed by atoms with Crippen LogP contribution in [-0.2, 0) is 13.0 Å². The molecule has 1 amide bonds. The molecule has 1 aromatic heterocycles. The van der Waals surface area contributed by atoms with Gasteiger partial charge in [0, 0.05) is 45.5 Å². The normalized spacial score (nSPS) is 16.2. The lowest BCUT2D eigenvalue weighted by atomic mass is 10.1. The van der Waals surface area contributed by atoms with Gasteiger partial charge in [-0.2, -0.15) is 0 Å². The number of amides is 1. The number of hydrogen-bond acceptors (Lipinski definition) is 5. The minimum Gasteiger partial charge on any atom is -0.392 e. The number of primary amides is 1. The van der Waals surface area contributed by atoms with Gasteiger partial charge in [-0.25, -0.2) is 4.98 Å². The first-order chi connectivity index (χ1) is 13.9. The number of aromatic nitrogens is 2. The van der Waals surface area contributed by atoms with Crippen LogP contribution in [-0.4, -0.2) is 64.3 Å². The van der Waals surface area contributed by atoms with Crippen molar-refractivity contribution in [3.8, 4) is 0 Å². The molecule has 1 aliphatic heterocycles. The molecular weight excluding hydrogens is 390 g/mol. The number of hydrogen-bond donors (Lipinski definition) is 2. The highest BCUT2D eigenvalue weighted by Crippen LogP contribution is 2.30. The summed E-state index contributed by atoms with van der Waals surface area (Å²) in [5, 5.41) is 11.3. The molecule has 8 heteroatoms. The first-order valence-electron chi connectivity index (χ1n) is 10.1. The Bertz CT molecular complexity index is 846. The standard InChI is InChI=1S/C21H30ClN5O2/c1-3-16-5-4-6-18(19(16)22)26-11-9-25(10-12-26)14-17(28)7-8-27-13-15(2)24-21(27)20(23)29/h4-6,13,17,28H,3,7-12,14H2,1-2H3,(H2,23,29). The Balaban J connectivity index is 1.49. The van der Waals surface area contributed by atoms with Crippen molar-refractivity contribution >= 4 is 23.2 Å². The van der Waals surface area contributed by atoms with Gasteiger partial charge in [0.2, 0.25) is 0 Å². The van der Waals surface area contributed by atoms with E-state index in [2.05, 4.69) is 39.9 Å². The molecule has 2 heterocycles. The average molecular weight is 420 g/mol. The summed E-state index contributed by atoms with van der Waals surface area (Å²) in [5.74, 6) is -0.302. The molecule has 1 atom stereocenters. The Morgan fingerprint density at radius 1 is 1.31 bits per heavy atom. The van der Waals surface area contributed by atoms with Crippen LogP contribution in [0.5, 0.6) is 0 Å². The van der Waals surface area contributed by atoms with E-state index in [1.165, 1.54) is 5.56 Å². The van der Waals surface area contributed by atoms with Crippen molar-refractivity contribution in [3.63, 3.8) is 0 Å². The van der Waals surface area contributed by atoms with Crippen LogP contribution in [0.15, 0.2) is 24.4 Å². The van der Waals surface area contributed by atoms with Crippen LogP contribution in [0.4, 0.5) is 5.69 Å². The topological polar surface area (TPSA) is 87.6 Å². The van der Waals surface area contributed by atoms with Crippen molar-refractivity contribution in [1.29, 1.82) is 0 Å². The van der Waals surface area contributed by atoms with Crippen molar-refractivity contribution in [2.75, 3.05) is 37.6 Å². The van der Waals surface area contributed by atoms with Crippen LogP contribution >= 0.6 is 11.6 Å². The second-order valence-corrected chi connectivity index (χ2v) is 7.98. The average Bonchev–Trinajstić information content (AvgIpc) is 3.08. The zero-order valence-corrected chi connectivity index (χ0v) is 17.9. The van der Waals surface area contributed by atoms with E-state index in [1.807, 2.05) is 6.92 Å². The van der Waals surface area contributed by atoms with Crippen LogP contribution in [0.3, 0.4) is 0 Å². The van der Waals surface area contributed by atoms with Crippen molar-refractivity contribution in [2.24, 2.45) is 5.73 Å². The van der Waals surface area contributed by atoms with Gasteiger partial charge >= 0.3 is 0 Å². The number of carbonyl (C=O) groups is 1. The van der Waals surface area contributed by atoms with E-state index in [0.717, 1.165) is 49.0 Å². The number of piperazine rings is 1. The number of carbonyl (C=O) groups excluding carboxylic acids is 1. The molecular formula is C21H30ClN5O2. The van der Waals surface area contributed by atoms with E-state index in [9.17, 15) is 9.90 Å². The first kappa shape index (κ1) is 21.6. The van der Waals surface area contributed by atoms with E-state index in [4.69, 9.17) is 17.3 Å². The Labute approximate surface area is 177 Å². The maximum absolute atomic E-state index is 11.5. The lowest BCUT2D eigenvalue weighted by Crippen LogP contribution is -2.48. The van der Waals surface area contributed by atoms with Crippen LogP contribution < -0.4 is 10.6 Å². The van der Waals surface area contributed by atoms with Crippen molar-refractivity contribution in [3.05, 3.63) is 46.5 Å². The number of nitrogens with two attached hydrogens (primary N) is 1. The molecule has 0 saturated carbocycles. The Morgan fingerprint density at radius 3 is 2.69 bits per heavy atom. The molecule has 3 rings (SSSR count). The minimum atomic E-state index is -0.547. The van der Waals surface area contributed by atoms with Crippen LogP contribution in [0.2, 0.25) is 5.02 Å². The third-order valence-electron chi connectivity index (χ3n) is 5.44. The second kappa shape index (κ2) is 9.61. The maximum Gasteiger partial charge on any atom is 0.284 e. The molecule has 0 aliphatic carbocycles. The Kier molecular flexibility index (Phi) is 7.16. The van der Waals surface area contributed by atoms with Crippen molar-refractivity contribution < 1.29 is 9.90 Å². The number of aliphatic hydroxyl groups excluding tert-OH is 1. The van der Waals surface area contributed by atoms with Gasteiger partial charge in [-0.1, -0.05) is 30.7 Å². The fourth-order valence-electron chi connectivity index (χ4n) is 3.85. The fraction of sp³-hybridized carbons (Fsp3) is 0.524. The van der Waals surface area contributed by atoms with E-state index < -0.39 is 12.0 Å². The van der Waals surface area contributed by atoms with Crippen LogP contribution in [0, 0.1) is 6.92 Å². The second-order valence-electron chi connectivity index (χ2n) is 7.60. The quantitative estimate of drug-likeness (QED) is 0.684. The number of benzene rings is 1. The zero-order valence-electron chi connectivity index (χ0n) is 17.1. The molecule has 1 aromatic carbocycles. The monoisotopic (exact) mass is 419 g/mol. The van der Waals surface area contributed by atoms with E-state index in [0.29, 0.717) is 19.5 Å². The van der Waals surface area contributed by atoms with Gasteiger partial charge in [-0.3, -0.25) is 9.69 Å². The highest BCUT2D eigenvalue weighted by Gasteiger charge is 2.22. The van der Waals surface area contributed by atoms with Crippen molar-refractivity contribution in [2.45, 2.75) is 39.3 Å². The lowest BCUT2D eigenvalue weighted by Gasteiger charge is -2.37. The van der Waals surface area contributed by atoms with Crippen LogP contribution in [0.1, 0.15) is 35.2 Å². The fourth-order valence-corrected chi connectivity index (χ4v) is 4.23. The highest BCUT2D eigenvalue weighted by atomic mass is 35.5. The number of rotatable bonds is 8. The summed E-state index contributed by atoms with van der Waals surface area (Å²) in [7, 11) is 0. The molecule has 1 fully saturated rings. The third kappa shape index (κ3) is 5.29. The molecule has 158 valence electrons. The number of halogens is 1. The maximum atomic E-state index is 11.5. The first-order valence-corrected chi connectivity index (χ1v) is 10.5. The van der Waals surface area contributed by atoms with Gasteiger partial charge in [0.1, 0.15) is 0 Å². The lowest BCUT2D eigenvalue weighted by molar-refractivity contribution is 0.0945. The molecule has 1 aliphatic rings. The van der Waals surface area contributed by atoms with E-state index >= 15 is 0 Å². The number of nitrogens with zero attached hydrogens (tertiary/aromatic N) is 4. The summed E-state index contributed by atoms with van der Waals surface area (Å²) in [5.41, 5.74) is 8.38. The Hall–Kier alpha value is -2.09. The van der Waals surface area contributed by atoms with Crippen LogP contribution in [0.25, 0.3) is 0 Å².